The highest BCUT2D eigenvalue weighted by Gasteiger charge is 2.36. The van der Waals surface area contributed by atoms with Crippen molar-refractivity contribution in [3.63, 3.8) is 0 Å². The van der Waals surface area contributed by atoms with Gasteiger partial charge in [-0.15, -0.1) is 0 Å². The van der Waals surface area contributed by atoms with Crippen molar-refractivity contribution in [2.24, 2.45) is 5.92 Å². The summed E-state index contributed by atoms with van der Waals surface area (Å²) in [6.07, 6.45) is 2.41. The molecule has 0 bridgehead atoms. The molecule has 2 aliphatic heterocycles. The average molecular weight is 454 g/mol. The number of phenolic OH excluding ortho intramolecular Hbond substituents is 1. The lowest BCUT2D eigenvalue weighted by atomic mass is 10.0. The second-order valence-electron chi connectivity index (χ2n) is 9.52. The van der Waals surface area contributed by atoms with E-state index in [4.69, 9.17) is 4.74 Å². The Bertz CT molecular complexity index is 987. The van der Waals surface area contributed by atoms with Crippen molar-refractivity contribution in [2.45, 2.75) is 45.2 Å². The van der Waals surface area contributed by atoms with Crippen molar-refractivity contribution in [3.05, 3.63) is 42.0 Å². The quantitative estimate of drug-likeness (QED) is 0.674. The molecule has 33 heavy (non-hydrogen) atoms. The Kier molecular flexibility index (Phi) is 7.50. The average Bonchev–Trinajstić information content (AvgIpc) is 3.32. The Morgan fingerprint density at radius 3 is 2.64 bits per heavy atom. The van der Waals surface area contributed by atoms with Crippen LogP contribution in [0.5, 0.6) is 5.75 Å². The molecule has 2 saturated heterocycles. The van der Waals surface area contributed by atoms with Crippen molar-refractivity contribution in [1.82, 2.24) is 15.1 Å². The predicted molar refractivity (Wildman–Crippen MR) is 128 cm³/mol. The standard InChI is InChI=1S/C26H35N3O4/c1-18(2)16-20(28-12-14-33-15-13-28)17-27-25(31)23-8-5-11-29(23)26(32)22-10-9-19-6-3-4-7-21(19)24(22)30/h3-4,6-7,9-10,18,20,23,30H,5,8,11-17H2,1-2H3,(H,27,31). The fraction of sp³-hybridized carbons (Fsp3) is 0.538. The van der Waals surface area contributed by atoms with Crippen molar-refractivity contribution in [2.75, 3.05) is 39.4 Å². The first kappa shape index (κ1) is 23.5. The summed E-state index contributed by atoms with van der Waals surface area (Å²) in [5, 5.41) is 15.4. The van der Waals surface area contributed by atoms with Gasteiger partial charge in [0.25, 0.3) is 5.91 Å². The van der Waals surface area contributed by atoms with Gasteiger partial charge in [0.05, 0.1) is 18.8 Å². The van der Waals surface area contributed by atoms with E-state index in [1.54, 1.807) is 17.0 Å². The molecule has 0 aliphatic carbocycles. The van der Waals surface area contributed by atoms with E-state index < -0.39 is 6.04 Å². The summed E-state index contributed by atoms with van der Waals surface area (Å²) < 4.78 is 5.49. The van der Waals surface area contributed by atoms with Crippen LogP contribution in [0.15, 0.2) is 36.4 Å². The third kappa shape index (κ3) is 5.31. The molecule has 7 heteroatoms. The number of nitrogens with zero attached hydrogens (tertiary/aromatic N) is 2. The SMILES string of the molecule is CC(C)CC(CNC(=O)C1CCCN1C(=O)c1ccc2ccccc2c1O)N1CCOCC1. The summed E-state index contributed by atoms with van der Waals surface area (Å²) in [6.45, 7) is 8.68. The van der Waals surface area contributed by atoms with Gasteiger partial charge in [0.1, 0.15) is 11.8 Å². The number of hydrogen-bond donors (Lipinski definition) is 2. The Morgan fingerprint density at radius 1 is 1.12 bits per heavy atom. The predicted octanol–water partition coefficient (Wildman–Crippen LogP) is 3.01. The molecule has 0 radical (unpaired) electrons. The smallest absolute Gasteiger partial charge is 0.258 e. The van der Waals surface area contributed by atoms with E-state index in [2.05, 4.69) is 24.1 Å². The molecule has 0 saturated carbocycles. The van der Waals surface area contributed by atoms with E-state index in [0.29, 0.717) is 30.8 Å². The van der Waals surface area contributed by atoms with E-state index in [1.807, 2.05) is 24.3 Å². The molecule has 2 fully saturated rings. The highest BCUT2D eigenvalue weighted by atomic mass is 16.5. The zero-order valence-electron chi connectivity index (χ0n) is 19.6. The molecule has 2 N–H and O–H groups in total. The minimum absolute atomic E-state index is 0.0199. The largest absolute Gasteiger partial charge is 0.506 e. The molecule has 4 rings (SSSR count). The van der Waals surface area contributed by atoms with Gasteiger partial charge in [-0.1, -0.05) is 44.2 Å². The van der Waals surface area contributed by atoms with Gasteiger partial charge in [0.15, 0.2) is 0 Å². The zero-order valence-corrected chi connectivity index (χ0v) is 19.6. The number of fused-ring (bicyclic) bond motifs is 1. The maximum absolute atomic E-state index is 13.3. The van der Waals surface area contributed by atoms with Gasteiger partial charge in [-0.3, -0.25) is 14.5 Å². The van der Waals surface area contributed by atoms with Crippen LogP contribution in [0.2, 0.25) is 0 Å². The van der Waals surface area contributed by atoms with Crippen LogP contribution in [-0.4, -0.2) is 78.2 Å². The summed E-state index contributed by atoms with van der Waals surface area (Å²) in [5.74, 6) is 0.106. The second-order valence-corrected chi connectivity index (χ2v) is 9.52. The number of benzene rings is 2. The highest BCUT2D eigenvalue weighted by molar-refractivity contribution is 6.05. The van der Waals surface area contributed by atoms with Gasteiger partial charge in [-0.2, -0.15) is 0 Å². The maximum atomic E-state index is 13.3. The van der Waals surface area contributed by atoms with Crippen LogP contribution in [0.1, 0.15) is 43.5 Å². The van der Waals surface area contributed by atoms with Crippen LogP contribution >= 0.6 is 0 Å². The van der Waals surface area contributed by atoms with Gasteiger partial charge in [-0.25, -0.2) is 0 Å². The minimum atomic E-state index is -0.507. The number of amides is 2. The molecule has 2 heterocycles. The van der Waals surface area contributed by atoms with Crippen LogP contribution in [0.25, 0.3) is 10.8 Å². The van der Waals surface area contributed by atoms with Crippen molar-refractivity contribution in [1.29, 1.82) is 0 Å². The molecule has 0 aromatic heterocycles. The van der Waals surface area contributed by atoms with E-state index in [9.17, 15) is 14.7 Å². The number of phenols is 1. The van der Waals surface area contributed by atoms with Crippen LogP contribution in [0, 0.1) is 5.92 Å². The lowest BCUT2D eigenvalue weighted by molar-refractivity contribution is -0.125. The van der Waals surface area contributed by atoms with E-state index in [-0.39, 0.29) is 29.2 Å². The van der Waals surface area contributed by atoms with Gasteiger partial charge in [0.2, 0.25) is 5.91 Å². The molecule has 2 aromatic rings. The van der Waals surface area contributed by atoms with Crippen LogP contribution in [-0.2, 0) is 9.53 Å². The summed E-state index contributed by atoms with van der Waals surface area (Å²) in [6, 6.07) is 10.7. The summed E-state index contributed by atoms with van der Waals surface area (Å²) in [4.78, 5) is 30.5. The third-order valence-electron chi connectivity index (χ3n) is 6.76. The lowest BCUT2D eigenvalue weighted by Gasteiger charge is -2.36. The van der Waals surface area contributed by atoms with E-state index in [1.165, 1.54) is 0 Å². The number of hydrogen-bond acceptors (Lipinski definition) is 5. The number of morpholine rings is 1. The van der Waals surface area contributed by atoms with Crippen LogP contribution in [0.4, 0.5) is 0 Å². The molecule has 2 aliphatic rings. The topological polar surface area (TPSA) is 82.1 Å². The van der Waals surface area contributed by atoms with E-state index in [0.717, 1.165) is 44.5 Å². The molecule has 2 atom stereocenters. The number of ether oxygens (including phenoxy) is 1. The summed E-state index contributed by atoms with van der Waals surface area (Å²) in [5.41, 5.74) is 0.249. The van der Waals surface area contributed by atoms with Crippen molar-refractivity contribution < 1.29 is 19.4 Å². The number of carbonyl (C=O) groups excluding carboxylic acids is 2. The zero-order chi connectivity index (χ0) is 23.4. The lowest BCUT2D eigenvalue weighted by Crippen LogP contribution is -2.52. The summed E-state index contributed by atoms with van der Waals surface area (Å²) in [7, 11) is 0. The monoisotopic (exact) mass is 453 g/mol. The van der Waals surface area contributed by atoms with Crippen LogP contribution < -0.4 is 5.32 Å². The third-order valence-corrected chi connectivity index (χ3v) is 6.76. The fourth-order valence-electron chi connectivity index (χ4n) is 5.05. The van der Waals surface area contributed by atoms with Crippen LogP contribution in [0.3, 0.4) is 0 Å². The first-order valence-electron chi connectivity index (χ1n) is 12.1. The Labute approximate surface area is 195 Å². The fourth-order valence-corrected chi connectivity index (χ4v) is 5.05. The Balaban J connectivity index is 1.44. The minimum Gasteiger partial charge on any atom is -0.506 e. The van der Waals surface area contributed by atoms with Gasteiger partial charge < -0.3 is 20.1 Å². The number of likely N-dealkylation sites (tertiary alicyclic amines) is 1. The summed E-state index contributed by atoms with van der Waals surface area (Å²) >= 11 is 0. The Hall–Kier alpha value is -2.64. The molecule has 2 aromatic carbocycles. The molecule has 2 unspecified atom stereocenters. The van der Waals surface area contributed by atoms with Crippen molar-refractivity contribution in [3.8, 4) is 5.75 Å². The maximum Gasteiger partial charge on any atom is 0.258 e. The molecule has 7 nitrogen and oxygen atoms in total. The molecular weight excluding hydrogens is 418 g/mol. The molecular formula is C26H35N3O4. The molecule has 2 amide bonds. The molecule has 178 valence electrons. The van der Waals surface area contributed by atoms with Gasteiger partial charge >= 0.3 is 0 Å². The number of carbonyl (C=O) groups is 2. The van der Waals surface area contributed by atoms with Gasteiger partial charge in [-0.05, 0) is 36.6 Å². The second kappa shape index (κ2) is 10.5. The van der Waals surface area contributed by atoms with Gasteiger partial charge in [0, 0.05) is 37.6 Å². The highest BCUT2D eigenvalue weighted by Crippen LogP contribution is 2.31. The first-order valence-corrected chi connectivity index (χ1v) is 12.1. The van der Waals surface area contributed by atoms with E-state index >= 15 is 0 Å². The van der Waals surface area contributed by atoms with Crippen molar-refractivity contribution >= 4 is 22.6 Å². The normalized spacial score (nSPS) is 20.3. The first-order chi connectivity index (χ1) is 16.0. The number of aromatic hydroxyl groups is 1. The molecule has 0 spiro atoms. The number of rotatable bonds is 7. The Morgan fingerprint density at radius 2 is 1.88 bits per heavy atom. The number of nitrogens with one attached hydrogen (secondary N) is 1.